The van der Waals surface area contributed by atoms with Crippen molar-refractivity contribution in [1.29, 1.82) is 0 Å². The van der Waals surface area contributed by atoms with Crippen molar-refractivity contribution in [3.63, 3.8) is 0 Å². The van der Waals surface area contributed by atoms with Crippen LogP contribution in [0.25, 0.3) is 0 Å². The maximum absolute atomic E-state index is 12.2. The topological polar surface area (TPSA) is 83.5 Å². The van der Waals surface area contributed by atoms with Crippen LogP contribution in [0.15, 0.2) is 11.6 Å². The lowest BCUT2D eigenvalue weighted by molar-refractivity contribution is -0.119. The molecule has 0 amide bonds. The van der Waals surface area contributed by atoms with Crippen LogP contribution in [-0.2, 0) is 4.79 Å². The number of hydrogen-bond acceptors (Lipinski definition) is 4. The molecule has 4 aliphatic carbocycles. The molecule has 3 fully saturated rings. The van der Waals surface area contributed by atoms with Gasteiger partial charge in [0, 0.05) is 6.42 Å². The number of Topliss-reactive ketones (excluding diaryl/α,β-unsaturated/α-hetero) is 1. The minimum Gasteiger partial charge on any atom is -0.393 e. The van der Waals surface area contributed by atoms with Crippen molar-refractivity contribution in [2.24, 2.45) is 34.8 Å². The van der Waals surface area contributed by atoms with Gasteiger partial charge in [-0.1, -0.05) is 18.6 Å². The molecule has 8 atom stereocenters. The average molecular weight is 305 g/mol. The molecule has 4 N–H and O–H groups in total. The zero-order chi connectivity index (χ0) is 15.6. The van der Waals surface area contributed by atoms with Crippen LogP contribution in [0.3, 0.4) is 0 Å². The summed E-state index contributed by atoms with van der Waals surface area (Å²) in [5, 5.41) is 20.7. The first-order valence-corrected chi connectivity index (χ1v) is 8.77. The van der Waals surface area contributed by atoms with E-state index in [0.717, 1.165) is 25.7 Å². The number of aliphatic hydroxyl groups excluding tert-OH is 2. The molecule has 0 heterocycles. The van der Waals surface area contributed by atoms with Crippen LogP contribution in [0.4, 0.5) is 0 Å². The summed E-state index contributed by atoms with van der Waals surface area (Å²) in [5.74, 6) is 1.51. The smallest absolute Gasteiger partial charge is 0.150 e. The fourth-order valence-electron chi connectivity index (χ4n) is 6.12. The van der Waals surface area contributed by atoms with E-state index in [4.69, 9.17) is 5.73 Å². The summed E-state index contributed by atoms with van der Waals surface area (Å²) in [6.07, 6.45) is 6.43. The standard InChI is InChI=1S/C18H27NO3/c1-18-5-4-12-11-3-2-10(20)6-9(11)7-14(21)16(12)13(18)8-15(22)17(18)19/h7,10-14,16-17,20-21H,2-6,8,19H2,1H3/t10?,11-,12+,13-,14?,16+,17?,18-/m0/s1. The number of fused-ring (bicyclic) bond motifs is 5. The lowest BCUT2D eigenvalue weighted by atomic mass is 9.52. The van der Waals surface area contributed by atoms with Crippen molar-refractivity contribution in [2.75, 3.05) is 0 Å². The summed E-state index contributed by atoms with van der Waals surface area (Å²) in [6.45, 7) is 2.15. The Bertz CT molecular complexity index is 530. The van der Waals surface area contributed by atoms with Crippen LogP contribution in [-0.4, -0.2) is 34.2 Å². The van der Waals surface area contributed by atoms with Gasteiger partial charge in [0.25, 0.3) is 0 Å². The Morgan fingerprint density at radius 2 is 2.00 bits per heavy atom. The van der Waals surface area contributed by atoms with E-state index in [-0.39, 0.29) is 35.2 Å². The van der Waals surface area contributed by atoms with Gasteiger partial charge in [0.05, 0.1) is 18.2 Å². The van der Waals surface area contributed by atoms with Crippen LogP contribution >= 0.6 is 0 Å². The summed E-state index contributed by atoms with van der Waals surface area (Å²) in [5.41, 5.74) is 7.32. The maximum atomic E-state index is 12.2. The Morgan fingerprint density at radius 1 is 1.23 bits per heavy atom. The van der Waals surface area contributed by atoms with Gasteiger partial charge in [0.15, 0.2) is 0 Å². The molecule has 3 saturated carbocycles. The lowest BCUT2D eigenvalue weighted by Crippen LogP contribution is -2.53. The van der Waals surface area contributed by atoms with Crippen molar-refractivity contribution in [2.45, 2.75) is 63.7 Å². The highest BCUT2D eigenvalue weighted by Gasteiger charge is 2.59. The lowest BCUT2D eigenvalue weighted by Gasteiger charge is -2.54. The van der Waals surface area contributed by atoms with Gasteiger partial charge in [0.2, 0.25) is 0 Å². The number of carbonyl (C=O) groups is 1. The van der Waals surface area contributed by atoms with E-state index >= 15 is 0 Å². The van der Waals surface area contributed by atoms with Gasteiger partial charge >= 0.3 is 0 Å². The number of ketones is 1. The monoisotopic (exact) mass is 305 g/mol. The van der Waals surface area contributed by atoms with Gasteiger partial charge in [-0.05, 0) is 61.2 Å². The first-order valence-electron chi connectivity index (χ1n) is 8.77. The first-order chi connectivity index (χ1) is 10.4. The average Bonchev–Trinajstić information content (AvgIpc) is 2.70. The van der Waals surface area contributed by atoms with E-state index in [1.165, 1.54) is 5.57 Å². The summed E-state index contributed by atoms with van der Waals surface area (Å²) in [7, 11) is 0. The second-order valence-corrected chi connectivity index (χ2v) is 8.31. The summed E-state index contributed by atoms with van der Waals surface area (Å²) in [4.78, 5) is 12.2. The third-order valence-corrected chi connectivity index (χ3v) is 7.36. The molecule has 0 aromatic carbocycles. The molecule has 0 saturated heterocycles. The van der Waals surface area contributed by atoms with E-state index in [1.54, 1.807) is 0 Å². The molecule has 0 radical (unpaired) electrons. The largest absolute Gasteiger partial charge is 0.393 e. The first kappa shape index (κ1) is 14.9. The van der Waals surface area contributed by atoms with Crippen molar-refractivity contribution >= 4 is 5.78 Å². The third-order valence-electron chi connectivity index (χ3n) is 7.36. The molecule has 122 valence electrons. The minimum atomic E-state index is -0.482. The number of hydrogen-bond donors (Lipinski definition) is 3. The number of nitrogens with two attached hydrogens (primary N) is 1. The fourth-order valence-corrected chi connectivity index (χ4v) is 6.12. The Kier molecular flexibility index (Phi) is 3.30. The molecule has 0 bridgehead atoms. The quantitative estimate of drug-likeness (QED) is 0.591. The van der Waals surface area contributed by atoms with Gasteiger partial charge < -0.3 is 15.9 Å². The van der Waals surface area contributed by atoms with E-state index < -0.39 is 6.10 Å². The molecule has 4 aliphatic rings. The second-order valence-electron chi connectivity index (χ2n) is 8.31. The summed E-state index contributed by atoms with van der Waals surface area (Å²) < 4.78 is 0. The SMILES string of the molecule is C[C@]12CC[C@H]3[C@@H](C(O)C=C4CC(O)CC[C@@H]43)[C@@H]1CC(=O)C2N. The van der Waals surface area contributed by atoms with Crippen LogP contribution in [0, 0.1) is 29.1 Å². The van der Waals surface area contributed by atoms with E-state index in [9.17, 15) is 15.0 Å². The van der Waals surface area contributed by atoms with Gasteiger partial charge in [-0.3, -0.25) is 4.79 Å². The molecule has 0 aromatic rings. The number of aliphatic hydroxyl groups is 2. The van der Waals surface area contributed by atoms with E-state index in [0.29, 0.717) is 24.7 Å². The molecular weight excluding hydrogens is 278 g/mol. The van der Waals surface area contributed by atoms with E-state index in [2.05, 4.69) is 6.92 Å². The van der Waals surface area contributed by atoms with Gasteiger partial charge in [-0.2, -0.15) is 0 Å². The van der Waals surface area contributed by atoms with Crippen LogP contribution in [0.2, 0.25) is 0 Å². The fraction of sp³-hybridized carbons (Fsp3) is 0.833. The summed E-state index contributed by atoms with van der Waals surface area (Å²) >= 11 is 0. The molecule has 4 heteroatoms. The predicted octanol–water partition coefficient (Wildman–Crippen LogP) is 1.40. The van der Waals surface area contributed by atoms with Crippen molar-refractivity contribution < 1.29 is 15.0 Å². The zero-order valence-corrected chi connectivity index (χ0v) is 13.2. The molecule has 22 heavy (non-hydrogen) atoms. The van der Waals surface area contributed by atoms with E-state index in [1.807, 2.05) is 6.08 Å². The highest BCUT2D eigenvalue weighted by molar-refractivity contribution is 5.87. The zero-order valence-electron chi connectivity index (χ0n) is 13.2. The Balaban J connectivity index is 1.69. The molecule has 0 aliphatic heterocycles. The van der Waals surface area contributed by atoms with Gasteiger partial charge in [0.1, 0.15) is 5.78 Å². The highest BCUT2D eigenvalue weighted by atomic mass is 16.3. The summed E-state index contributed by atoms with van der Waals surface area (Å²) in [6, 6.07) is -0.357. The van der Waals surface area contributed by atoms with Gasteiger partial charge in [-0.15, -0.1) is 0 Å². The number of carbonyl (C=O) groups excluding carboxylic acids is 1. The molecule has 4 rings (SSSR count). The Morgan fingerprint density at radius 3 is 2.77 bits per heavy atom. The molecule has 0 aromatic heterocycles. The third kappa shape index (κ3) is 1.90. The second kappa shape index (κ2) is 4.89. The Labute approximate surface area is 131 Å². The Hall–Kier alpha value is -0.710. The predicted molar refractivity (Wildman–Crippen MR) is 82.8 cm³/mol. The molecule has 3 unspecified atom stereocenters. The number of rotatable bonds is 0. The van der Waals surface area contributed by atoms with Crippen LogP contribution < -0.4 is 5.73 Å². The molecule has 0 spiro atoms. The minimum absolute atomic E-state index is 0.140. The van der Waals surface area contributed by atoms with Crippen molar-refractivity contribution in [3.05, 3.63) is 11.6 Å². The van der Waals surface area contributed by atoms with Gasteiger partial charge in [-0.25, -0.2) is 0 Å². The highest BCUT2D eigenvalue weighted by Crippen LogP contribution is 2.60. The maximum Gasteiger partial charge on any atom is 0.150 e. The van der Waals surface area contributed by atoms with Crippen molar-refractivity contribution in [3.8, 4) is 0 Å². The normalized spacial score (nSPS) is 54.3. The molecule has 4 nitrogen and oxygen atoms in total. The van der Waals surface area contributed by atoms with Crippen molar-refractivity contribution in [1.82, 2.24) is 0 Å². The molecular formula is C18H27NO3. The van der Waals surface area contributed by atoms with Crippen LogP contribution in [0.1, 0.15) is 45.4 Å². The van der Waals surface area contributed by atoms with Crippen LogP contribution in [0.5, 0.6) is 0 Å².